The summed E-state index contributed by atoms with van der Waals surface area (Å²) in [7, 11) is 1.36. The van der Waals surface area contributed by atoms with Gasteiger partial charge in [-0.2, -0.15) is 0 Å². The minimum Gasteiger partial charge on any atom is -0.466 e. The van der Waals surface area contributed by atoms with Gasteiger partial charge < -0.3 is 10.1 Å². The van der Waals surface area contributed by atoms with Crippen LogP contribution in [0.1, 0.15) is 17.4 Å². The van der Waals surface area contributed by atoms with Gasteiger partial charge in [-0.1, -0.05) is 6.92 Å². The van der Waals surface area contributed by atoms with Crippen LogP contribution < -0.4 is 5.32 Å². The molecule has 0 fully saturated rings. The van der Waals surface area contributed by atoms with Gasteiger partial charge in [-0.15, -0.1) is 11.3 Å². The minimum atomic E-state index is -0.343. The zero-order valence-corrected chi connectivity index (χ0v) is 9.76. The molecule has 15 heavy (non-hydrogen) atoms. The number of methoxy groups -OCH3 is 1. The summed E-state index contributed by atoms with van der Waals surface area (Å²) in [6.07, 6.45) is 4.03. The Morgan fingerprint density at radius 2 is 2.47 bits per heavy atom. The summed E-state index contributed by atoms with van der Waals surface area (Å²) >= 11 is 1.73. The van der Waals surface area contributed by atoms with Gasteiger partial charge in [0.05, 0.1) is 7.11 Å². The molecular formula is C11H15NO2S. The minimum absolute atomic E-state index is 0.343. The molecule has 1 N–H and O–H groups in total. The van der Waals surface area contributed by atoms with E-state index in [2.05, 4.69) is 28.4 Å². The van der Waals surface area contributed by atoms with E-state index < -0.39 is 0 Å². The maximum atomic E-state index is 10.7. The van der Waals surface area contributed by atoms with Gasteiger partial charge in [-0.3, -0.25) is 0 Å². The first-order valence-corrected chi connectivity index (χ1v) is 5.69. The maximum absolute atomic E-state index is 10.7. The van der Waals surface area contributed by atoms with E-state index in [9.17, 15) is 4.79 Å². The second-order valence-corrected chi connectivity index (χ2v) is 3.96. The van der Waals surface area contributed by atoms with Gasteiger partial charge in [0.25, 0.3) is 0 Å². The lowest BCUT2D eigenvalue weighted by atomic mass is 10.2. The van der Waals surface area contributed by atoms with Gasteiger partial charge in [0, 0.05) is 23.7 Å². The van der Waals surface area contributed by atoms with Crippen LogP contribution in [0.3, 0.4) is 0 Å². The molecule has 0 radical (unpaired) electrons. The number of thiophene rings is 1. The molecule has 0 unspecified atom stereocenters. The first-order valence-electron chi connectivity index (χ1n) is 4.81. The molecule has 0 aliphatic heterocycles. The van der Waals surface area contributed by atoms with Gasteiger partial charge in [-0.25, -0.2) is 4.79 Å². The third kappa shape index (κ3) is 3.75. The number of hydrogen-bond donors (Lipinski definition) is 1. The Bertz CT molecular complexity index is 344. The lowest BCUT2D eigenvalue weighted by molar-refractivity contribution is -0.134. The molecule has 0 spiro atoms. The SMILES string of the molecule is CCc1ccsc1CN/C=C/C(=O)OC. The second-order valence-electron chi connectivity index (χ2n) is 2.96. The molecule has 0 aromatic carbocycles. The van der Waals surface area contributed by atoms with E-state index in [-0.39, 0.29) is 5.97 Å². The molecule has 1 rings (SSSR count). The van der Waals surface area contributed by atoms with E-state index in [1.807, 2.05) is 0 Å². The summed E-state index contributed by atoms with van der Waals surface area (Å²) in [5.41, 5.74) is 1.36. The fraction of sp³-hybridized carbons (Fsp3) is 0.364. The van der Waals surface area contributed by atoms with Crippen LogP contribution in [0.15, 0.2) is 23.7 Å². The molecule has 82 valence electrons. The standard InChI is InChI=1S/C11H15NO2S/c1-3-9-5-7-15-10(9)8-12-6-4-11(13)14-2/h4-7,12H,3,8H2,1-2H3/b6-4+. The summed E-state index contributed by atoms with van der Waals surface area (Å²) in [6, 6.07) is 2.13. The van der Waals surface area contributed by atoms with Gasteiger partial charge in [0.2, 0.25) is 0 Å². The van der Waals surface area contributed by atoms with Gasteiger partial charge in [0.1, 0.15) is 0 Å². The Balaban J connectivity index is 2.37. The maximum Gasteiger partial charge on any atom is 0.331 e. The van der Waals surface area contributed by atoms with Crippen molar-refractivity contribution in [2.75, 3.05) is 7.11 Å². The molecule has 1 aromatic rings. The lowest BCUT2D eigenvalue weighted by Crippen LogP contribution is -2.06. The highest BCUT2D eigenvalue weighted by atomic mass is 32.1. The number of nitrogens with one attached hydrogen (secondary N) is 1. The van der Waals surface area contributed by atoms with E-state index in [4.69, 9.17) is 0 Å². The Hall–Kier alpha value is -1.29. The molecule has 0 bridgehead atoms. The van der Waals surface area contributed by atoms with Crippen molar-refractivity contribution < 1.29 is 9.53 Å². The molecule has 0 atom stereocenters. The summed E-state index contributed by atoms with van der Waals surface area (Å²) in [4.78, 5) is 12.1. The fourth-order valence-electron chi connectivity index (χ4n) is 1.18. The predicted molar refractivity (Wildman–Crippen MR) is 61.7 cm³/mol. The first kappa shape index (κ1) is 11.8. The number of aryl methyl sites for hydroxylation is 1. The Morgan fingerprint density at radius 3 is 3.13 bits per heavy atom. The number of carbonyl (C=O) groups excluding carboxylic acids is 1. The average Bonchev–Trinajstić information content (AvgIpc) is 2.71. The number of ether oxygens (including phenoxy) is 1. The Labute approximate surface area is 93.8 Å². The quantitative estimate of drug-likeness (QED) is 0.616. The van der Waals surface area contributed by atoms with Crippen molar-refractivity contribution in [2.24, 2.45) is 0 Å². The zero-order chi connectivity index (χ0) is 11.1. The van der Waals surface area contributed by atoms with Crippen molar-refractivity contribution in [1.82, 2.24) is 5.32 Å². The van der Waals surface area contributed by atoms with E-state index >= 15 is 0 Å². The van der Waals surface area contributed by atoms with Crippen LogP contribution in [0, 0.1) is 0 Å². The predicted octanol–water partition coefficient (Wildman–Crippen LogP) is 2.09. The topological polar surface area (TPSA) is 38.3 Å². The number of rotatable bonds is 5. The number of esters is 1. The third-order valence-electron chi connectivity index (χ3n) is 2.02. The van der Waals surface area contributed by atoms with E-state index in [1.54, 1.807) is 17.5 Å². The molecular weight excluding hydrogens is 210 g/mol. The molecule has 3 nitrogen and oxygen atoms in total. The summed E-state index contributed by atoms with van der Waals surface area (Å²) in [6.45, 7) is 2.89. The van der Waals surface area contributed by atoms with Crippen LogP contribution in [0.5, 0.6) is 0 Å². The van der Waals surface area contributed by atoms with Crippen LogP contribution in [0.2, 0.25) is 0 Å². The third-order valence-corrected chi connectivity index (χ3v) is 2.98. The van der Waals surface area contributed by atoms with Crippen molar-refractivity contribution in [3.05, 3.63) is 34.2 Å². The van der Waals surface area contributed by atoms with E-state index in [0.717, 1.165) is 13.0 Å². The molecule has 0 aliphatic carbocycles. The smallest absolute Gasteiger partial charge is 0.331 e. The van der Waals surface area contributed by atoms with Gasteiger partial charge in [0.15, 0.2) is 0 Å². The zero-order valence-electron chi connectivity index (χ0n) is 8.95. The molecule has 4 heteroatoms. The molecule has 1 aromatic heterocycles. The lowest BCUT2D eigenvalue weighted by Gasteiger charge is -2.00. The Morgan fingerprint density at radius 1 is 1.67 bits per heavy atom. The monoisotopic (exact) mass is 225 g/mol. The normalized spacial score (nSPS) is 10.5. The van der Waals surface area contributed by atoms with Crippen molar-refractivity contribution >= 4 is 17.3 Å². The average molecular weight is 225 g/mol. The van der Waals surface area contributed by atoms with Crippen molar-refractivity contribution in [2.45, 2.75) is 19.9 Å². The Kier molecular flexibility index (Phi) is 4.90. The second kappa shape index (κ2) is 6.24. The van der Waals surface area contributed by atoms with E-state index in [1.165, 1.54) is 23.6 Å². The van der Waals surface area contributed by atoms with Crippen LogP contribution in [0.25, 0.3) is 0 Å². The molecule has 0 aliphatic rings. The highest BCUT2D eigenvalue weighted by Crippen LogP contribution is 2.16. The van der Waals surface area contributed by atoms with E-state index in [0.29, 0.717) is 0 Å². The molecule has 0 amide bonds. The van der Waals surface area contributed by atoms with Crippen molar-refractivity contribution in [1.29, 1.82) is 0 Å². The van der Waals surface area contributed by atoms with Crippen molar-refractivity contribution in [3.63, 3.8) is 0 Å². The largest absolute Gasteiger partial charge is 0.466 e. The van der Waals surface area contributed by atoms with Gasteiger partial charge >= 0.3 is 5.97 Å². The molecule has 0 saturated heterocycles. The number of hydrogen-bond acceptors (Lipinski definition) is 4. The molecule has 0 saturated carbocycles. The number of carbonyl (C=O) groups is 1. The fourth-order valence-corrected chi connectivity index (χ4v) is 2.11. The summed E-state index contributed by atoms with van der Waals surface area (Å²) in [5.74, 6) is -0.343. The molecule has 1 heterocycles. The van der Waals surface area contributed by atoms with Crippen LogP contribution in [0.4, 0.5) is 0 Å². The first-order chi connectivity index (χ1) is 7.27. The van der Waals surface area contributed by atoms with Crippen LogP contribution >= 0.6 is 11.3 Å². The highest BCUT2D eigenvalue weighted by molar-refractivity contribution is 7.10. The van der Waals surface area contributed by atoms with Crippen LogP contribution in [-0.4, -0.2) is 13.1 Å². The van der Waals surface area contributed by atoms with Crippen LogP contribution in [-0.2, 0) is 22.5 Å². The highest BCUT2D eigenvalue weighted by Gasteiger charge is 2.00. The van der Waals surface area contributed by atoms with Gasteiger partial charge in [-0.05, 0) is 23.4 Å². The van der Waals surface area contributed by atoms with Crippen molar-refractivity contribution in [3.8, 4) is 0 Å². The summed E-state index contributed by atoms with van der Waals surface area (Å²) in [5, 5.41) is 5.14. The summed E-state index contributed by atoms with van der Waals surface area (Å²) < 4.78 is 4.47.